The van der Waals surface area contributed by atoms with Crippen molar-refractivity contribution in [3.63, 3.8) is 0 Å². The topological polar surface area (TPSA) is 0 Å². The molecule has 82 valence electrons. The Labute approximate surface area is 101 Å². The van der Waals surface area contributed by atoms with Crippen molar-refractivity contribution in [2.45, 2.75) is 24.2 Å². The largest absolute Gasteiger partial charge is 0.0620 e. The molecule has 0 heterocycles. The number of hydrogen-bond donors (Lipinski definition) is 0. The number of fused-ring (bicyclic) bond motifs is 8. The fraction of sp³-hybridized carbons (Fsp3) is 0.294. The third kappa shape index (κ3) is 0.878. The molecule has 0 aromatic heterocycles. The van der Waals surface area contributed by atoms with Crippen LogP contribution < -0.4 is 0 Å². The van der Waals surface area contributed by atoms with E-state index in [0.29, 0.717) is 5.92 Å². The summed E-state index contributed by atoms with van der Waals surface area (Å²) >= 11 is 0. The van der Waals surface area contributed by atoms with Crippen molar-refractivity contribution in [1.82, 2.24) is 0 Å². The van der Waals surface area contributed by atoms with E-state index in [1.807, 2.05) is 0 Å². The van der Waals surface area contributed by atoms with Crippen LogP contribution in [-0.2, 0) is 0 Å². The van der Waals surface area contributed by atoms with Crippen molar-refractivity contribution in [2.75, 3.05) is 0 Å². The molecule has 0 heteroatoms. The molecule has 1 fully saturated rings. The van der Waals surface area contributed by atoms with Crippen LogP contribution in [0.25, 0.3) is 0 Å². The van der Waals surface area contributed by atoms with E-state index in [0.717, 1.165) is 17.8 Å². The predicted molar refractivity (Wildman–Crippen MR) is 68.3 cm³/mol. The van der Waals surface area contributed by atoms with Gasteiger partial charge in [-0.25, -0.2) is 0 Å². The monoisotopic (exact) mass is 218 g/mol. The van der Waals surface area contributed by atoms with Crippen LogP contribution in [0.15, 0.2) is 48.5 Å². The van der Waals surface area contributed by atoms with Gasteiger partial charge in [-0.05, 0) is 46.4 Å². The van der Waals surface area contributed by atoms with Gasteiger partial charge in [-0.2, -0.15) is 0 Å². The Balaban J connectivity index is 1.86. The molecule has 0 nitrogen and oxygen atoms in total. The maximum atomic E-state index is 2.37. The minimum Gasteiger partial charge on any atom is -0.0620 e. The van der Waals surface area contributed by atoms with E-state index in [2.05, 4.69) is 48.5 Å². The van der Waals surface area contributed by atoms with Crippen molar-refractivity contribution in [1.29, 1.82) is 0 Å². The van der Waals surface area contributed by atoms with Gasteiger partial charge >= 0.3 is 0 Å². The summed E-state index contributed by atoms with van der Waals surface area (Å²) < 4.78 is 0. The molecule has 2 atom stereocenters. The lowest BCUT2D eigenvalue weighted by atomic mass is 9.76. The zero-order chi connectivity index (χ0) is 11.0. The highest BCUT2D eigenvalue weighted by Gasteiger charge is 2.59. The highest BCUT2D eigenvalue weighted by Crippen LogP contribution is 2.72. The maximum Gasteiger partial charge on any atom is 0.00980 e. The van der Waals surface area contributed by atoms with E-state index in [1.165, 1.54) is 6.42 Å². The summed E-state index contributed by atoms with van der Waals surface area (Å²) in [5.41, 5.74) is 6.52. The quantitative estimate of drug-likeness (QED) is 0.626. The molecule has 5 rings (SSSR count). The van der Waals surface area contributed by atoms with Gasteiger partial charge in [-0.15, -0.1) is 0 Å². The lowest BCUT2D eigenvalue weighted by molar-refractivity contribution is 0.571. The van der Waals surface area contributed by atoms with E-state index >= 15 is 0 Å². The second kappa shape index (κ2) is 2.64. The van der Waals surface area contributed by atoms with E-state index in [4.69, 9.17) is 0 Å². The first-order chi connectivity index (χ1) is 8.45. The normalized spacial score (nSPS) is 34.8. The van der Waals surface area contributed by atoms with E-state index in [9.17, 15) is 0 Å². The maximum absolute atomic E-state index is 2.37. The van der Waals surface area contributed by atoms with E-state index in [1.54, 1.807) is 22.3 Å². The van der Waals surface area contributed by atoms with Crippen molar-refractivity contribution < 1.29 is 0 Å². The van der Waals surface area contributed by atoms with Gasteiger partial charge in [0.2, 0.25) is 0 Å². The lowest BCUT2D eigenvalue weighted by Crippen LogP contribution is -2.13. The molecule has 0 aliphatic heterocycles. The molecule has 0 spiro atoms. The zero-order valence-corrected chi connectivity index (χ0v) is 9.64. The van der Waals surface area contributed by atoms with Crippen molar-refractivity contribution in [2.24, 2.45) is 5.92 Å². The fourth-order valence-electron chi connectivity index (χ4n) is 4.47. The second-order valence-corrected chi connectivity index (χ2v) is 5.76. The molecule has 0 radical (unpaired) electrons. The summed E-state index contributed by atoms with van der Waals surface area (Å²) in [6.07, 6.45) is 1.39. The lowest BCUT2D eigenvalue weighted by Gasteiger charge is -2.27. The van der Waals surface area contributed by atoms with Crippen LogP contribution in [-0.4, -0.2) is 0 Å². The molecule has 2 unspecified atom stereocenters. The molecule has 2 aromatic carbocycles. The smallest absolute Gasteiger partial charge is 0.00980 e. The SMILES string of the molecule is c1ccc2c(c1)C1CC3C2C3c2ccccc21. The Kier molecular flexibility index (Phi) is 1.32. The van der Waals surface area contributed by atoms with Gasteiger partial charge in [0.25, 0.3) is 0 Å². The first-order valence-electron chi connectivity index (χ1n) is 6.63. The Morgan fingerprint density at radius 1 is 0.647 bits per heavy atom. The summed E-state index contributed by atoms with van der Waals surface area (Å²) in [6.45, 7) is 0. The summed E-state index contributed by atoms with van der Waals surface area (Å²) in [6, 6.07) is 18.3. The second-order valence-electron chi connectivity index (χ2n) is 5.76. The van der Waals surface area contributed by atoms with Gasteiger partial charge in [-0.1, -0.05) is 48.5 Å². The Hall–Kier alpha value is -1.56. The number of rotatable bonds is 0. The van der Waals surface area contributed by atoms with Gasteiger partial charge in [0, 0.05) is 5.92 Å². The van der Waals surface area contributed by atoms with Crippen LogP contribution in [0.2, 0.25) is 0 Å². The summed E-state index contributed by atoms with van der Waals surface area (Å²) in [5.74, 6) is 3.31. The van der Waals surface area contributed by atoms with Crippen LogP contribution in [0, 0.1) is 5.92 Å². The molecule has 0 amide bonds. The van der Waals surface area contributed by atoms with Crippen molar-refractivity contribution in [3.05, 3.63) is 70.8 Å². The molecule has 2 bridgehead atoms. The van der Waals surface area contributed by atoms with Crippen LogP contribution in [0.3, 0.4) is 0 Å². The zero-order valence-electron chi connectivity index (χ0n) is 9.64. The Morgan fingerprint density at radius 2 is 1.12 bits per heavy atom. The van der Waals surface area contributed by atoms with Gasteiger partial charge in [-0.3, -0.25) is 0 Å². The van der Waals surface area contributed by atoms with E-state index in [-0.39, 0.29) is 0 Å². The minimum atomic E-state index is 0.683. The van der Waals surface area contributed by atoms with Crippen LogP contribution >= 0.6 is 0 Å². The highest BCUT2D eigenvalue weighted by atomic mass is 14.6. The van der Waals surface area contributed by atoms with Crippen LogP contribution in [0.1, 0.15) is 46.4 Å². The molecule has 3 aliphatic rings. The highest BCUT2D eigenvalue weighted by molar-refractivity contribution is 5.57. The molecule has 2 aromatic rings. The number of hydrogen-bond acceptors (Lipinski definition) is 0. The molecule has 0 saturated heterocycles. The minimum absolute atomic E-state index is 0.683. The molecular formula is C17H14. The van der Waals surface area contributed by atoms with Gasteiger partial charge in [0.1, 0.15) is 0 Å². The van der Waals surface area contributed by atoms with Crippen molar-refractivity contribution in [3.8, 4) is 0 Å². The third-order valence-corrected chi connectivity index (χ3v) is 5.14. The fourth-order valence-corrected chi connectivity index (χ4v) is 4.47. The van der Waals surface area contributed by atoms with Gasteiger partial charge in [0.05, 0.1) is 0 Å². The average Bonchev–Trinajstić information content (AvgIpc) is 3.15. The summed E-state index contributed by atoms with van der Waals surface area (Å²) in [5, 5.41) is 0. The summed E-state index contributed by atoms with van der Waals surface area (Å²) in [7, 11) is 0. The first kappa shape index (κ1) is 8.52. The number of benzene rings is 2. The predicted octanol–water partition coefficient (Wildman–Crippen LogP) is 4.03. The Bertz CT molecular complexity index is 572. The molecule has 0 N–H and O–H groups in total. The molecule has 17 heavy (non-hydrogen) atoms. The molecule has 1 saturated carbocycles. The average molecular weight is 218 g/mol. The molecular weight excluding hydrogens is 204 g/mol. The summed E-state index contributed by atoms with van der Waals surface area (Å²) in [4.78, 5) is 0. The van der Waals surface area contributed by atoms with Crippen LogP contribution in [0.4, 0.5) is 0 Å². The Morgan fingerprint density at radius 3 is 1.65 bits per heavy atom. The van der Waals surface area contributed by atoms with E-state index < -0.39 is 0 Å². The van der Waals surface area contributed by atoms with Crippen molar-refractivity contribution >= 4 is 0 Å². The third-order valence-electron chi connectivity index (χ3n) is 5.14. The standard InChI is InChI=1S/C17H14/c1-3-7-12-10(5-1)14-9-15-16(12)17(15)13-8-4-2-6-11(13)14/h1-8,14-17H,9H2. The van der Waals surface area contributed by atoms with Crippen LogP contribution in [0.5, 0.6) is 0 Å². The first-order valence-corrected chi connectivity index (χ1v) is 6.63. The van der Waals surface area contributed by atoms with Gasteiger partial charge in [0.15, 0.2) is 0 Å². The molecule has 3 aliphatic carbocycles. The van der Waals surface area contributed by atoms with Gasteiger partial charge < -0.3 is 0 Å².